The smallest absolute Gasteiger partial charge is 0.327 e. The molecule has 7 heteroatoms. The zero-order chi connectivity index (χ0) is 23.0. The molecule has 3 rings (SSSR count). The fraction of sp³-hybridized carbons (Fsp3) is 0.480. The summed E-state index contributed by atoms with van der Waals surface area (Å²) in [5, 5.41) is 0. The summed E-state index contributed by atoms with van der Waals surface area (Å²) in [7, 11) is -4.04. The minimum absolute atomic E-state index is 0.0701. The van der Waals surface area contributed by atoms with E-state index in [-0.39, 0.29) is 24.3 Å². The molecule has 0 bridgehead atoms. The van der Waals surface area contributed by atoms with Gasteiger partial charge in [-0.1, -0.05) is 55.8 Å². The molecule has 1 aliphatic heterocycles. The topological polar surface area (TPSA) is 72.9 Å². The predicted octanol–water partition coefficient (Wildman–Crippen LogP) is 4.24. The summed E-state index contributed by atoms with van der Waals surface area (Å²) >= 11 is 0. The highest BCUT2D eigenvalue weighted by Gasteiger charge is 2.54. The first kappa shape index (κ1) is 24.3. The fourth-order valence-electron chi connectivity index (χ4n) is 4.09. The second-order valence-corrected chi connectivity index (χ2v) is 10.4. The largest absolute Gasteiger partial charge is 0.492 e. The van der Waals surface area contributed by atoms with Crippen molar-refractivity contribution < 1.29 is 22.7 Å². The molecule has 2 aromatic rings. The summed E-state index contributed by atoms with van der Waals surface area (Å²) in [4.78, 5) is 15.4. The van der Waals surface area contributed by atoms with E-state index in [1.54, 1.807) is 25.1 Å². The monoisotopic (exact) mass is 459 g/mol. The van der Waals surface area contributed by atoms with Crippen LogP contribution in [0.3, 0.4) is 0 Å². The minimum Gasteiger partial charge on any atom is -0.492 e. The molecule has 1 aliphatic rings. The molecule has 0 aromatic heterocycles. The number of hydrogen-bond donors (Lipinski definition) is 0. The van der Waals surface area contributed by atoms with E-state index in [4.69, 9.17) is 9.47 Å². The molecular formula is C25H33NO5S. The van der Waals surface area contributed by atoms with Crippen molar-refractivity contribution in [2.45, 2.75) is 55.7 Å². The van der Waals surface area contributed by atoms with Gasteiger partial charge >= 0.3 is 5.97 Å². The average molecular weight is 460 g/mol. The summed E-state index contributed by atoms with van der Waals surface area (Å²) in [6.07, 6.45) is 2.14. The third kappa shape index (κ3) is 5.15. The van der Waals surface area contributed by atoms with Crippen molar-refractivity contribution in [1.29, 1.82) is 0 Å². The van der Waals surface area contributed by atoms with Crippen molar-refractivity contribution in [2.24, 2.45) is 0 Å². The molecule has 0 saturated carbocycles. The molecule has 0 atom stereocenters. The maximum atomic E-state index is 13.9. The van der Waals surface area contributed by atoms with E-state index >= 15 is 0 Å². The SMILES string of the molecule is CCCCOc1ccccc1S(=O)(=O)C1(C(=O)OCC)CCN(Cc2ccccc2)CC1. The van der Waals surface area contributed by atoms with Crippen molar-refractivity contribution >= 4 is 15.8 Å². The molecule has 1 heterocycles. The number of carbonyl (C=O) groups is 1. The van der Waals surface area contributed by atoms with Crippen LogP contribution in [0, 0.1) is 0 Å². The van der Waals surface area contributed by atoms with Gasteiger partial charge in [-0.3, -0.25) is 9.69 Å². The van der Waals surface area contributed by atoms with E-state index in [2.05, 4.69) is 4.90 Å². The molecule has 32 heavy (non-hydrogen) atoms. The van der Waals surface area contributed by atoms with Crippen LogP contribution >= 0.6 is 0 Å². The Kier molecular flexibility index (Phi) is 8.32. The molecule has 6 nitrogen and oxygen atoms in total. The van der Waals surface area contributed by atoms with Crippen LogP contribution < -0.4 is 4.74 Å². The van der Waals surface area contributed by atoms with E-state index in [1.807, 2.05) is 37.3 Å². The van der Waals surface area contributed by atoms with Gasteiger partial charge in [-0.15, -0.1) is 0 Å². The highest BCUT2D eigenvalue weighted by Crippen LogP contribution is 2.40. The lowest BCUT2D eigenvalue weighted by atomic mass is 9.95. The number of carbonyl (C=O) groups excluding carboxylic acids is 1. The molecule has 0 radical (unpaired) electrons. The van der Waals surface area contributed by atoms with Gasteiger partial charge in [0, 0.05) is 19.6 Å². The van der Waals surface area contributed by atoms with Crippen LogP contribution in [0.25, 0.3) is 0 Å². The van der Waals surface area contributed by atoms with E-state index in [9.17, 15) is 13.2 Å². The zero-order valence-electron chi connectivity index (χ0n) is 19.0. The Hall–Kier alpha value is -2.38. The lowest BCUT2D eigenvalue weighted by Gasteiger charge is -2.39. The van der Waals surface area contributed by atoms with E-state index in [0.717, 1.165) is 24.9 Å². The Morgan fingerprint density at radius 2 is 1.66 bits per heavy atom. The number of para-hydroxylation sites is 1. The first-order chi connectivity index (χ1) is 15.4. The Morgan fingerprint density at radius 1 is 1.00 bits per heavy atom. The van der Waals surface area contributed by atoms with E-state index < -0.39 is 20.6 Å². The molecule has 1 saturated heterocycles. The number of esters is 1. The molecule has 0 N–H and O–H groups in total. The predicted molar refractivity (Wildman–Crippen MR) is 124 cm³/mol. The van der Waals surface area contributed by atoms with E-state index in [1.165, 1.54) is 6.07 Å². The van der Waals surface area contributed by atoms with Crippen molar-refractivity contribution in [3.05, 3.63) is 60.2 Å². The van der Waals surface area contributed by atoms with Crippen molar-refractivity contribution in [3.8, 4) is 5.75 Å². The number of hydrogen-bond acceptors (Lipinski definition) is 6. The van der Waals surface area contributed by atoms with Gasteiger partial charge in [0.25, 0.3) is 0 Å². The summed E-state index contributed by atoms with van der Waals surface area (Å²) in [5.41, 5.74) is 1.16. The molecule has 174 valence electrons. The zero-order valence-corrected chi connectivity index (χ0v) is 19.8. The minimum atomic E-state index is -4.04. The van der Waals surface area contributed by atoms with Crippen molar-refractivity contribution in [1.82, 2.24) is 4.90 Å². The lowest BCUT2D eigenvalue weighted by molar-refractivity contribution is -0.147. The molecule has 0 unspecified atom stereocenters. The molecule has 0 amide bonds. The summed E-state index contributed by atoms with van der Waals surface area (Å²) in [6, 6.07) is 16.7. The standard InChI is InChI=1S/C25H33NO5S/c1-3-5-19-31-22-13-9-10-14-23(22)32(28,29)25(24(27)30-4-2)15-17-26(18-16-25)20-21-11-7-6-8-12-21/h6-14H,3-5,15-20H2,1-2H3. The number of piperidine rings is 1. The van der Waals surface area contributed by atoms with Crippen LogP contribution in [-0.4, -0.2) is 50.3 Å². The normalized spacial score (nSPS) is 16.4. The third-order valence-electron chi connectivity index (χ3n) is 5.97. The second-order valence-electron chi connectivity index (χ2n) is 8.13. The van der Waals surface area contributed by atoms with Gasteiger partial charge in [0.1, 0.15) is 10.6 Å². The lowest BCUT2D eigenvalue weighted by Crippen LogP contribution is -2.54. The molecule has 0 aliphatic carbocycles. The Balaban J connectivity index is 1.89. The van der Waals surface area contributed by atoms with Gasteiger partial charge in [-0.05, 0) is 43.9 Å². The fourth-order valence-corrected chi connectivity index (χ4v) is 6.16. The van der Waals surface area contributed by atoms with Crippen LogP contribution in [0.5, 0.6) is 5.75 Å². The highest BCUT2D eigenvalue weighted by atomic mass is 32.2. The number of unbranched alkanes of at least 4 members (excludes halogenated alkanes) is 1. The third-order valence-corrected chi connectivity index (χ3v) is 8.49. The first-order valence-corrected chi connectivity index (χ1v) is 12.8. The van der Waals surface area contributed by atoms with Crippen molar-refractivity contribution in [2.75, 3.05) is 26.3 Å². The molecule has 1 fully saturated rings. The van der Waals surface area contributed by atoms with Gasteiger partial charge in [0.15, 0.2) is 14.6 Å². The van der Waals surface area contributed by atoms with Crippen LogP contribution in [0.15, 0.2) is 59.5 Å². The summed E-state index contributed by atoms with van der Waals surface area (Å²) in [5.74, 6) is -0.362. The maximum absolute atomic E-state index is 13.9. The van der Waals surface area contributed by atoms with Gasteiger partial charge in [-0.25, -0.2) is 8.42 Å². The van der Waals surface area contributed by atoms with Gasteiger partial charge in [0.2, 0.25) is 0 Å². The quantitative estimate of drug-likeness (QED) is 0.391. The van der Waals surface area contributed by atoms with E-state index in [0.29, 0.717) is 25.4 Å². The van der Waals surface area contributed by atoms with Gasteiger partial charge in [-0.2, -0.15) is 0 Å². The first-order valence-electron chi connectivity index (χ1n) is 11.3. The average Bonchev–Trinajstić information content (AvgIpc) is 2.81. The second kappa shape index (κ2) is 11.0. The number of ether oxygens (including phenoxy) is 2. The Bertz CT molecular complexity index is 982. The van der Waals surface area contributed by atoms with Gasteiger partial charge < -0.3 is 9.47 Å². The Morgan fingerprint density at radius 3 is 2.31 bits per heavy atom. The van der Waals surface area contributed by atoms with Crippen LogP contribution in [0.4, 0.5) is 0 Å². The highest BCUT2D eigenvalue weighted by molar-refractivity contribution is 7.93. The number of benzene rings is 2. The molecule has 2 aromatic carbocycles. The molecule has 0 spiro atoms. The maximum Gasteiger partial charge on any atom is 0.327 e. The molecular weight excluding hydrogens is 426 g/mol. The van der Waals surface area contributed by atoms with Crippen molar-refractivity contribution in [3.63, 3.8) is 0 Å². The van der Waals surface area contributed by atoms with Gasteiger partial charge in [0.05, 0.1) is 13.2 Å². The number of sulfone groups is 1. The Labute approximate surface area is 191 Å². The summed E-state index contributed by atoms with van der Waals surface area (Å²) < 4.78 is 37.4. The number of rotatable bonds is 10. The van der Waals surface area contributed by atoms with Crippen LogP contribution in [-0.2, 0) is 25.9 Å². The summed E-state index contributed by atoms with van der Waals surface area (Å²) in [6.45, 7) is 6.02. The number of likely N-dealkylation sites (tertiary alicyclic amines) is 1. The van der Waals surface area contributed by atoms with Crippen LogP contribution in [0.2, 0.25) is 0 Å². The number of nitrogens with zero attached hydrogens (tertiary/aromatic N) is 1. The van der Waals surface area contributed by atoms with Crippen LogP contribution in [0.1, 0.15) is 45.1 Å².